The number of aryl methyl sites for hydroxylation is 4. The van der Waals surface area contributed by atoms with Crippen molar-refractivity contribution in [2.24, 2.45) is 0 Å². The quantitative estimate of drug-likeness (QED) is 0.492. The fourth-order valence-electron chi connectivity index (χ4n) is 3.23. The Balaban J connectivity index is 0.000000133. The molecule has 19 heavy (non-hydrogen) atoms. The van der Waals surface area contributed by atoms with Crippen LogP contribution < -0.4 is 0 Å². The molecule has 0 fully saturated rings. The van der Waals surface area contributed by atoms with E-state index in [4.69, 9.17) is 0 Å². The van der Waals surface area contributed by atoms with Crippen molar-refractivity contribution in [2.45, 2.75) is 51.4 Å². The Hall–Kier alpha value is -0.586. The van der Waals surface area contributed by atoms with Gasteiger partial charge in [-0.3, -0.25) is 0 Å². The number of rotatable bonds is 0. The van der Waals surface area contributed by atoms with Gasteiger partial charge in [-0.1, -0.05) is 51.4 Å². The smallest absolute Gasteiger partial charge is 0.210 e. The van der Waals surface area contributed by atoms with Crippen LogP contribution in [0.2, 0.25) is 0 Å². The van der Waals surface area contributed by atoms with Crippen LogP contribution >= 0.6 is 0 Å². The molecule has 0 unspecified atom stereocenters. The zero-order chi connectivity index (χ0) is 12.2. The Kier molecular flexibility index (Phi) is 5.66. The van der Waals surface area contributed by atoms with E-state index in [2.05, 4.69) is 36.4 Å². The molecule has 0 N–H and O–H groups in total. The normalized spacial score (nSPS) is 16.4. The van der Waals surface area contributed by atoms with Crippen LogP contribution in [0.3, 0.4) is 0 Å². The van der Waals surface area contributed by atoms with Crippen LogP contribution in [0.25, 0.3) is 0 Å². The van der Waals surface area contributed by atoms with Crippen LogP contribution in [0.15, 0.2) is 36.4 Å². The van der Waals surface area contributed by atoms with Crippen LogP contribution in [0.5, 0.6) is 0 Å². The summed E-state index contributed by atoms with van der Waals surface area (Å²) >= 11 is 0. The van der Waals surface area contributed by atoms with Gasteiger partial charge in [0.05, 0.1) is 0 Å². The molecule has 2 aromatic carbocycles. The second-order valence-corrected chi connectivity index (χ2v) is 5.57. The molecule has 0 aliphatic heterocycles. The molecular weight excluding hydrogens is 264 g/mol. The average Bonchev–Trinajstić information content (AvgIpc) is 3.08. The van der Waals surface area contributed by atoms with Gasteiger partial charge in [0.2, 0.25) is 0 Å². The number of hydrogen-bond acceptors (Lipinski definition) is 0. The van der Waals surface area contributed by atoms with E-state index in [0.717, 1.165) is 0 Å². The Morgan fingerprint density at radius 3 is 1.47 bits per heavy atom. The predicted octanol–water partition coefficient (Wildman–Crippen LogP) is 4.57. The van der Waals surface area contributed by atoms with Crippen LogP contribution in [0.1, 0.15) is 47.9 Å². The molecule has 0 atom stereocenters. The van der Waals surface area contributed by atoms with Crippen molar-refractivity contribution in [1.29, 1.82) is 0 Å². The third-order valence-corrected chi connectivity index (χ3v) is 4.30. The summed E-state index contributed by atoms with van der Waals surface area (Å²) in [4.78, 5) is 0. The summed E-state index contributed by atoms with van der Waals surface area (Å²) in [5.74, 6) is 0. The van der Waals surface area contributed by atoms with Crippen LogP contribution in [0, 0.1) is 0 Å². The Labute approximate surface area is 131 Å². The summed E-state index contributed by atoms with van der Waals surface area (Å²) in [6, 6.07) is 13.4. The second-order valence-electron chi connectivity index (χ2n) is 5.57. The van der Waals surface area contributed by atoms with Gasteiger partial charge in [-0.05, 0) is 0 Å². The van der Waals surface area contributed by atoms with Gasteiger partial charge in [-0.2, -0.15) is 46.5 Å². The van der Waals surface area contributed by atoms with Gasteiger partial charge in [-0.15, -0.1) is 0 Å². The van der Waals surface area contributed by atoms with Crippen molar-refractivity contribution in [2.75, 3.05) is 0 Å². The fourth-order valence-corrected chi connectivity index (χ4v) is 3.23. The van der Waals surface area contributed by atoms with Crippen molar-refractivity contribution >= 4 is 0 Å². The van der Waals surface area contributed by atoms with Crippen LogP contribution in [-0.2, 0) is 47.4 Å². The summed E-state index contributed by atoms with van der Waals surface area (Å²) in [5.41, 5.74) is 6.39. The first-order valence-corrected chi connectivity index (χ1v) is 7.40. The van der Waals surface area contributed by atoms with Gasteiger partial charge in [0, 0.05) is 0 Å². The Morgan fingerprint density at radius 2 is 1.05 bits per heavy atom. The summed E-state index contributed by atoms with van der Waals surface area (Å²) in [7, 11) is 0. The molecule has 2 aliphatic rings. The first kappa shape index (κ1) is 14.8. The third kappa shape index (κ3) is 3.71. The summed E-state index contributed by atoms with van der Waals surface area (Å²) in [6.07, 6.45) is 10.9. The molecule has 0 amide bonds. The summed E-state index contributed by atoms with van der Waals surface area (Å²) in [6.45, 7) is 0. The van der Waals surface area contributed by atoms with Gasteiger partial charge >= 0.3 is 21.7 Å². The molecule has 0 radical (unpaired) electrons. The van der Waals surface area contributed by atoms with E-state index < -0.39 is 0 Å². The molecule has 2 aromatic rings. The molecule has 96 valence electrons. The standard InChI is InChI=1S/2C9H11.Ti/c2*1-2-5-9-7-3-6-8(9)4-1;/h2*3,6-7H,1-2,4-5H2;/q2*-1;+4. The molecule has 4 rings (SSSR count). The fraction of sp³-hybridized carbons (Fsp3) is 0.444. The van der Waals surface area contributed by atoms with Crippen molar-refractivity contribution < 1.29 is 21.7 Å². The minimum Gasteiger partial charge on any atom is -0.210 e. The molecule has 0 saturated carbocycles. The van der Waals surface area contributed by atoms with Crippen LogP contribution in [0.4, 0.5) is 0 Å². The van der Waals surface area contributed by atoms with Crippen molar-refractivity contribution in [3.8, 4) is 0 Å². The monoisotopic (exact) mass is 286 g/mol. The van der Waals surface area contributed by atoms with Crippen molar-refractivity contribution in [3.05, 3.63) is 58.7 Å². The SMILES string of the molecule is [Ti+4].c1cc2c([cH-]1)CCCC2.c1cc2c([cH-]1)CCCC2. The summed E-state index contributed by atoms with van der Waals surface area (Å²) in [5, 5.41) is 0. The van der Waals surface area contributed by atoms with Gasteiger partial charge in [-0.25, -0.2) is 12.1 Å². The van der Waals surface area contributed by atoms with Gasteiger partial charge in [0.25, 0.3) is 0 Å². The molecule has 0 heterocycles. The minimum absolute atomic E-state index is 0. The van der Waals surface area contributed by atoms with E-state index in [1.165, 1.54) is 51.4 Å². The largest absolute Gasteiger partial charge is 4.00 e. The summed E-state index contributed by atoms with van der Waals surface area (Å²) < 4.78 is 0. The molecule has 0 nitrogen and oxygen atoms in total. The molecule has 0 spiro atoms. The number of hydrogen-bond donors (Lipinski definition) is 0. The molecular formula is C18H22Ti+2. The van der Waals surface area contributed by atoms with Crippen molar-refractivity contribution in [3.63, 3.8) is 0 Å². The average molecular weight is 286 g/mol. The van der Waals surface area contributed by atoms with E-state index in [1.54, 1.807) is 22.3 Å². The molecule has 1 heteroatoms. The van der Waals surface area contributed by atoms with E-state index in [0.29, 0.717) is 0 Å². The van der Waals surface area contributed by atoms with Gasteiger partial charge in [0.15, 0.2) is 0 Å². The van der Waals surface area contributed by atoms with Crippen LogP contribution in [-0.4, -0.2) is 0 Å². The van der Waals surface area contributed by atoms with E-state index >= 15 is 0 Å². The topological polar surface area (TPSA) is 0 Å². The maximum absolute atomic E-state index is 2.26. The maximum Gasteiger partial charge on any atom is 4.00 e. The van der Waals surface area contributed by atoms with E-state index in [1.807, 2.05) is 0 Å². The molecule has 0 saturated heterocycles. The first-order valence-electron chi connectivity index (χ1n) is 7.40. The molecule has 2 aliphatic carbocycles. The van der Waals surface area contributed by atoms with E-state index in [9.17, 15) is 0 Å². The zero-order valence-electron chi connectivity index (χ0n) is 11.6. The van der Waals surface area contributed by atoms with Crippen molar-refractivity contribution in [1.82, 2.24) is 0 Å². The first-order chi connectivity index (χ1) is 8.93. The Bertz CT molecular complexity index is 402. The molecule has 0 aromatic heterocycles. The third-order valence-electron chi connectivity index (χ3n) is 4.30. The van der Waals surface area contributed by atoms with Gasteiger partial charge in [0.1, 0.15) is 0 Å². The van der Waals surface area contributed by atoms with E-state index in [-0.39, 0.29) is 21.7 Å². The maximum atomic E-state index is 2.26. The zero-order valence-corrected chi connectivity index (χ0v) is 13.2. The number of fused-ring (bicyclic) bond motifs is 2. The predicted molar refractivity (Wildman–Crippen MR) is 77.4 cm³/mol. The van der Waals surface area contributed by atoms with Gasteiger partial charge < -0.3 is 0 Å². The molecule has 0 bridgehead atoms. The second kappa shape index (κ2) is 7.26. The Morgan fingerprint density at radius 1 is 0.632 bits per heavy atom. The minimum atomic E-state index is 0.